The van der Waals surface area contributed by atoms with Gasteiger partial charge in [0.25, 0.3) is 0 Å². The van der Waals surface area contributed by atoms with Gasteiger partial charge in [-0.15, -0.1) is 0 Å². The van der Waals surface area contributed by atoms with Crippen LogP contribution in [0.4, 0.5) is 10.1 Å². The Bertz CT molecular complexity index is 1080. The Morgan fingerprint density at radius 2 is 2.17 bits per heavy atom. The third-order valence-electron chi connectivity index (χ3n) is 5.42. The van der Waals surface area contributed by atoms with Crippen LogP contribution in [0.2, 0.25) is 0 Å². The summed E-state index contributed by atoms with van der Waals surface area (Å²) >= 11 is 0. The van der Waals surface area contributed by atoms with E-state index < -0.39 is 23.2 Å². The highest BCUT2D eigenvalue weighted by Crippen LogP contribution is 2.40. The zero-order chi connectivity index (χ0) is 21.4. The Kier molecular flexibility index (Phi) is 5.46. The Morgan fingerprint density at radius 1 is 1.40 bits per heavy atom. The van der Waals surface area contributed by atoms with Crippen molar-refractivity contribution in [2.24, 2.45) is 0 Å². The molecular formula is C21H23FN2O6. The fraction of sp³-hybridized carbons (Fsp3) is 0.476. The smallest absolute Gasteiger partial charge is 0.343 e. The van der Waals surface area contributed by atoms with Gasteiger partial charge in [-0.05, 0) is 32.3 Å². The highest BCUT2D eigenvalue weighted by molar-refractivity contribution is 5.96. The number of ether oxygens (including phenoxy) is 2. The van der Waals surface area contributed by atoms with Crippen LogP contribution in [0, 0.1) is 5.82 Å². The lowest BCUT2D eigenvalue weighted by Crippen LogP contribution is -2.25. The average molecular weight is 418 g/mol. The number of hydrogen-bond acceptors (Lipinski definition) is 6. The molecule has 2 aliphatic rings. The fourth-order valence-electron chi connectivity index (χ4n) is 3.86. The number of hydrogen-bond donors (Lipinski definition) is 2. The maximum Gasteiger partial charge on any atom is 0.343 e. The van der Waals surface area contributed by atoms with E-state index in [1.54, 1.807) is 6.92 Å². The van der Waals surface area contributed by atoms with Gasteiger partial charge in [-0.2, -0.15) is 0 Å². The molecule has 160 valence electrons. The third-order valence-corrected chi connectivity index (χ3v) is 5.42. The summed E-state index contributed by atoms with van der Waals surface area (Å²) < 4.78 is 27.6. The molecule has 0 unspecified atom stereocenters. The highest BCUT2D eigenvalue weighted by Gasteiger charge is 2.31. The average Bonchev–Trinajstić information content (AvgIpc) is 3.54. The first-order valence-electron chi connectivity index (χ1n) is 10.0. The lowest BCUT2D eigenvalue weighted by molar-refractivity contribution is -0.137. The van der Waals surface area contributed by atoms with Gasteiger partial charge in [-0.25, -0.2) is 9.18 Å². The van der Waals surface area contributed by atoms with Crippen LogP contribution in [0.25, 0.3) is 10.9 Å². The number of esters is 1. The fourth-order valence-corrected chi connectivity index (χ4v) is 3.86. The summed E-state index contributed by atoms with van der Waals surface area (Å²) in [5, 5.41) is 12.1. The number of aromatic nitrogens is 1. The first-order chi connectivity index (χ1) is 14.4. The molecule has 2 N–H and O–H groups in total. The number of carbonyl (C=O) groups is 2. The molecule has 9 heteroatoms. The quantitative estimate of drug-likeness (QED) is 0.695. The molecule has 2 heterocycles. The predicted octanol–water partition coefficient (Wildman–Crippen LogP) is 2.83. The van der Waals surface area contributed by atoms with E-state index in [9.17, 15) is 14.4 Å². The number of pyridine rings is 1. The highest BCUT2D eigenvalue weighted by atomic mass is 19.1. The van der Waals surface area contributed by atoms with E-state index in [-0.39, 0.29) is 61.4 Å². The second kappa shape index (κ2) is 8.06. The normalized spacial score (nSPS) is 18.4. The number of benzene rings is 1. The summed E-state index contributed by atoms with van der Waals surface area (Å²) in [5.41, 5.74) is 0.569. The van der Waals surface area contributed by atoms with Crippen molar-refractivity contribution in [1.29, 1.82) is 0 Å². The molecule has 30 heavy (non-hydrogen) atoms. The topological polar surface area (TPSA) is 107 Å². The summed E-state index contributed by atoms with van der Waals surface area (Å²) in [6.45, 7) is 2.08. The molecule has 2 aromatic rings. The molecule has 0 spiro atoms. The number of carboxylic acid groups (broad SMARTS) is 1. The number of carboxylic acids is 1. The molecule has 0 saturated heterocycles. The van der Waals surface area contributed by atoms with E-state index in [1.807, 2.05) is 4.57 Å². The lowest BCUT2D eigenvalue weighted by Gasteiger charge is -2.20. The Balaban J connectivity index is 1.87. The van der Waals surface area contributed by atoms with Gasteiger partial charge in [0.15, 0.2) is 0 Å². The monoisotopic (exact) mass is 418 g/mol. The largest absolute Gasteiger partial charge is 0.481 e. The summed E-state index contributed by atoms with van der Waals surface area (Å²) in [5.74, 6) is -2.30. The Morgan fingerprint density at radius 3 is 2.83 bits per heavy atom. The first kappa shape index (κ1) is 20.3. The third kappa shape index (κ3) is 3.77. The van der Waals surface area contributed by atoms with Gasteiger partial charge in [-0.1, -0.05) is 0 Å². The van der Waals surface area contributed by atoms with E-state index in [1.165, 1.54) is 6.20 Å². The molecular weight excluding hydrogens is 395 g/mol. The Labute approximate surface area is 171 Å². The predicted molar refractivity (Wildman–Crippen MR) is 106 cm³/mol. The van der Waals surface area contributed by atoms with Crippen LogP contribution in [0.15, 0.2) is 17.1 Å². The summed E-state index contributed by atoms with van der Waals surface area (Å²) in [6, 6.07) is 0.890. The maximum atomic E-state index is 15.1. The molecule has 1 aromatic heterocycles. The van der Waals surface area contributed by atoms with Crippen molar-refractivity contribution >= 4 is 28.5 Å². The molecule has 8 nitrogen and oxygen atoms in total. The van der Waals surface area contributed by atoms with Crippen LogP contribution >= 0.6 is 0 Å². The molecule has 4 rings (SSSR count). The van der Waals surface area contributed by atoms with Crippen LogP contribution in [0.1, 0.15) is 54.6 Å². The van der Waals surface area contributed by atoms with Crippen LogP contribution in [0.3, 0.4) is 0 Å². The zero-order valence-corrected chi connectivity index (χ0v) is 16.6. The number of carbonyl (C=O) groups excluding carboxylic acids is 1. The lowest BCUT2D eigenvalue weighted by atomic mass is 10.0. The number of rotatable bonds is 6. The minimum atomic E-state index is -0.936. The minimum absolute atomic E-state index is 0.0682. The van der Waals surface area contributed by atoms with Crippen molar-refractivity contribution < 1.29 is 28.6 Å². The number of fused-ring (bicyclic) bond motifs is 3. The van der Waals surface area contributed by atoms with Crippen LogP contribution < -0.4 is 10.7 Å². The van der Waals surface area contributed by atoms with Gasteiger partial charge in [0, 0.05) is 29.6 Å². The van der Waals surface area contributed by atoms with Gasteiger partial charge in [0.1, 0.15) is 11.4 Å². The van der Waals surface area contributed by atoms with E-state index in [2.05, 4.69) is 5.32 Å². The van der Waals surface area contributed by atoms with Crippen molar-refractivity contribution in [3.8, 4) is 0 Å². The van der Waals surface area contributed by atoms with Crippen LogP contribution in [-0.2, 0) is 20.9 Å². The molecule has 0 amide bonds. The van der Waals surface area contributed by atoms with E-state index in [0.29, 0.717) is 11.1 Å². The second-order valence-corrected chi connectivity index (χ2v) is 7.63. The standard InChI is InChI=1S/C21H23FN2O6/c1-2-30-21(28)14-8-24(12-4-5-12)19-13(20(14)27)7-16(22)18-15(19)10-29-9-11(23-18)3-6-17(25)26/h7-8,11-12,23H,2-6,9-10H2,1H3,(H,25,26)/t11-/m0/s1. The molecule has 0 radical (unpaired) electrons. The summed E-state index contributed by atoms with van der Waals surface area (Å²) in [4.78, 5) is 36.2. The zero-order valence-electron chi connectivity index (χ0n) is 16.6. The van der Waals surface area contributed by atoms with Crippen molar-refractivity contribution in [3.05, 3.63) is 39.4 Å². The van der Waals surface area contributed by atoms with Crippen LogP contribution in [0.5, 0.6) is 0 Å². The summed E-state index contributed by atoms with van der Waals surface area (Å²) in [7, 11) is 0. The molecule has 0 bridgehead atoms. The molecule has 1 aliphatic carbocycles. The molecule has 1 saturated carbocycles. The molecule has 1 aliphatic heterocycles. The SMILES string of the molecule is CCOC(=O)c1cn(C2CC2)c2c3c(c(F)cc2c1=O)N[C@@H](CCC(=O)O)COC3. The number of nitrogens with zero attached hydrogens (tertiary/aromatic N) is 1. The van der Waals surface area contributed by atoms with Crippen molar-refractivity contribution in [2.45, 2.75) is 51.3 Å². The van der Waals surface area contributed by atoms with Gasteiger partial charge in [0.2, 0.25) is 5.43 Å². The van der Waals surface area contributed by atoms with Gasteiger partial charge < -0.3 is 24.5 Å². The van der Waals surface area contributed by atoms with Gasteiger partial charge >= 0.3 is 11.9 Å². The Hall–Kier alpha value is -2.94. The number of halogens is 1. The first-order valence-corrected chi connectivity index (χ1v) is 10.0. The van der Waals surface area contributed by atoms with Gasteiger partial charge in [0.05, 0.1) is 37.1 Å². The van der Waals surface area contributed by atoms with Crippen molar-refractivity contribution in [2.75, 3.05) is 18.5 Å². The van der Waals surface area contributed by atoms with E-state index >= 15 is 4.39 Å². The number of anilines is 1. The van der Waals surface area contributed by atoms with Crippen molar-refractivity contribution in [3.63, 3.8) is 0 Å². The summed E-state index contributed by atoms with van der Waals surface area (Å²) in [6.07, 6.45) is 3.50. The molecule has 1 fully saturated rings. The van der Waals surface area contributed by atoms with E-state index in [4.69, 9.17) is 14.6 Å². The maximum absolute atomic E-state index is 15.1. The van der Waals surface area contributed by atoms with Crippen molar-refractivity contribution in [1.82, 2.24) is 4.57 Å². The van der Waals surface area contributed by atoms with Gasteiger partial charge in [-0.3, -0.25) is 9.59 Å². The molecule has 1 atom stereocenters. The number of aliphatic carboxylic acids is 1. The van der Waals surface area contributed by atoms with E-state index in [0.717, 1.165) is 18.9 Å². The second-order valence-electron chi connectivity index (χ2n) is 7.63. The number of nitrogens with one attached hydrogen (secondary N) is 1. The molecule has 1 aromatic carbocycles. The minimum Gasteiger partial charge on any atom is -0.481 e. The van der Waals surface area contributed by atoms with Crippen LogP contribution in [-0.4, -0.2) is 40.9 Å².